The third kappa shape index (κ3) is 3.28. The second-order valence-corrected chi connectivity index (χ2v) is 5.38. The Morgan fingerprint density at radius 3 is 2.80 bits per heavy atom. The third-order valence-corrected chi connectivity index (χ3v) is 2.99. The van der Waals surface area contributed by atoms with Crippen molar-refractivity contribution < 1.29 is 9.13 Å². The quantitative estimate of drug-likeness (QED) is 0.814. The molecular formula is C15H16BrFN2O. The van der Waals surface area contributed by atoms with Gasteiger partial charge in [-0.25, -0.2) is 9.07 Å². The van der Waals surface area contributed by atoms with Crippen LogP contribution in [-0.4, -0.2) is 16.4 Å². The molecule has 1 aromatic carbocycles. The van der Waals surface area contributed by atoms with Gasteiger partial charge in [-0.05, 0) is 61.0 Å². The number of rotatable bonds is 4. The Bertz CT molecular complexity index is 645. The van der Waals surface area contributed by atoms with Crippen LogP contribution in [0.5, 0.6) is 5.75 Å². The predicted octanol–water partition coefficient (Wildman–Crippen LogP) is 4.60. The number of allylic oxidation sites excluding steroid dienone is 1. The first kappa shape index (κ1) is 14.8. The highest BCUT2D eigenvalue weighted by Gasteiger charge is 2.12. The van der Waals surface area contributed by atoms with E-state index in [4.69, 9.17) is 4.74 Å². The van der Waals surface area contributed by atoms with Gasteiger partial charge in [-0.2, -0.15) is 5.10 Å². The topological polar surface area (TPSA) is 27.1 Å². The molecule has 20 heavy (non-hydrogen) atoms. The summed E-state index contributed by atoms with van der Waals surface area (Å²) in [5.74, 6) is 0.283. The maximum atomic E-state index is 14.1. The van der Waals surface area contributed by atoms with E-state index >= 15 is 0 Å². The Labute approximate surface area is 126 Å². The molecule has 0 spiro atoms. The Kier molecular flexibility index (Phi) is 4.60. The SMILES string of the molecule is CCOc1ccc(F)c(-n2nc(Br)cc2C=C(C)C)c1. The summed E-state index contributed by atoms with van der Waals surface area (Å²) in [7, 11) is 0. The van der Waals surface area contributed by atoms with Gasteiger partial charge in [-0.15, -0.1) is 0 Å². The molecule has 0 amide bonds. The molecule has 1 heterocycles. The smallest absolute Gasteiger partial charge is 0.149 e. The van der Waals surface area contributed by atoms with Crippen LogP contribution in [0, 0.1) is 5.82 Å². The molecule has 5 heteroatoms. The normalized spacial score (nSPS) is 10.4. The molecule has 2 rings (SSSR count). The van der Waals surface area contributed by atoms with E-state index in [1.807, 2.05) is 32.9 Å². The Morgan fingerprint density at radius 1 is 1.40 bits per heavy atom. The summed E-state index contributed by atoms with van der Waals surface area (Å²) in [5, 5.41) is 4.29. The van der Waals surface area contributed by atoms with E-state index in [0.29, 0.717) is 22.6 Å². The average molecular weight is 339 g/mol. The Hall–Kier alpha value is -1.62. The zero-order valence-electron chi connectivity index (χ0n) is 11.7. The minimum absolute atomic E-state index is 0.340. The first-order valence-corrected chi connectivity index (χ1v) is 7.13. The lowest BCUT2D eigenvalue weighted by Gasteiger charge is -2.09. The summed E-state index contributed by atoms with van der Waals surface area (Å²) in [4.78, 5) is 0. The van der Waals surface area contributed by atoms with Crippen molar-refractivity contribution >= 4 is 22.0 Å². The molecule has 0 saturated carbocycles. The second-order valence-electron chi connectivity index (χ2n) is 4.57. The fraction of sp³-hybridized carbons (Fsp3) is 0.267. The maximum absolute atomic E-state index is 14.1. The molecule has 3 nitrogen and oxygen atoms in total. The van der Waals surface area contributed by atoms with Gasteiger partial charge in [0.1, 0.15) is 21.9 Å². The molecule has 0 radical (unpaired) electrons. The maximum Gasteiger partial charge on any atom is 0.149 e. The van der Waals surface area contributed by atoms with Gasteiger partial charge >= 0.3 is 0 Å². The van der Waals surface area contributed by atoms with Crippen molar-refractivity contribution in [2.45, 2.75) is 20.8 Å². The molecule has 0 aliphatic rings. The van der Waals surface area contributed by atoms with Crippen LogP contribution >= 0.6 is 15.9 Å². The molecule has 0 aliphatic heterocycles. The van der Waals surface area contributed by atoms with Crippen molar-refractivity contribution in [1.29, 1.82) is 0 Å². The van der Waals surface area contributed by atoms with E-state index in [0.717, 1.165) is 11.3 Å². The monoisotopic (exact) mass is 338 g/mol. The van der Waals surface area contributed by atoms with Crippen LogP contribution in [0.15, 0.2) is 34.4 Å². The zero-order valence-corrected chi connectivity index (χ0v) is 13.2. The van der Waals surface area contributed by atoms with Crippen LogP contribution in [0.1, 0.15) is 26.5 Å². The molecule has 1 aromatic heterocycles. The number of aromatic nitrogens is 2. The molecule has 0 atom stereocenters. The standard InChI is InChI=1S/C15H16BrFN2O/c1-4-20-12-5-6-13(17)14(9-12)19-11(7-10(2)3)8-15(16)18-19/h5-9H,4H2,1-3H3. The first-order valence-electron chi connectivity index (χ1n) is 6.34. The lowest BCUT2D eigenvalue weighted by molar-refractivity contribution is 0.339. The molecule has 0 saturated heterocycles. The lowest BCUT2D eigenvalue weighted by Crippen LogP contribution is -2.03. The van der Waals surface area contributed by atoms with Crippen LogP contribution < -0.4 is 4.74 Å². The van der Waals surface area contributed by atoms with Gasteiger partial charge in [-0.3, -0.25) is 0 Å². The predicted molar refractivity (Wildman–Crippen MR) is 81.7 cm³/mol. The second kappa shape index (κ2) is 6.22. The summed E-state index contributed by atoms with van der Waals surface area (Å²) in [6, 6.07) is 6.50. The van der Waals surface area contributed by atoms with Crippen LogP contribution in [-0.2, 0) is 0 Å². The Morgan fingerprint density at radius 2 is 2.15 bits per heavy atom. The van der Waals surface area contributed by atoms with Crippen molar-refractivity contribution in [2.75, 3.05) is 6.61 Å². The fourth-order valence-electron chi connectivity index (χ4n) is 1.87. The van der Waals surface area contributed by atoms with Gasteiger partial charge in [0.05, 0.1) is 12.3 Å². The molecule has 0 bridgehead atoms. The van der Waals surface area contributed by atoms with E-state index < -0.39 is 0 Å². The highest BCUT2D eigenvalue weighted by molar-refractivity contribution is 9.10. The molecule has 0 aliphatic carbocycles. The number of hydrogen-bond acceptors (Lipinski definition) is 2. The largest absolute Gasteiger partial charge is 0.494 e. The van der Waals surface area contributed by atoms with Crippen molar-refractivity contribution in [2.24, 2.45) is 0 Å². The minimum atomic E-state index is -0.340. The Balaban J connectivity index is 2.55. The zero-order chi connectivity index (χ0) is 14.7. The third-order valence-electron chi connectivity index (χ3n) is 2.60. The van der Waals surface area contributed by atoms with Crippen molar-refractivity contribution in [3.63, 3.8) is 0 Å². The number of benzene rings is 1. The summed E-state index contributed by atoms with van der Waals surface area (Å²) in [6.45, 7) is 6.40. The minimum Gasteiger partial charge on any atom is -0.494 e. The van der Waals surface area contributed by atoms with E-state index in [-0.39, 0.29) is 5.82 Å². The number of ether oxygens (including phenoxy) is 1. The molecule has 0 fully saturated rings. The van der Waals surface area contributed by atoms with E-state index in [1.165, 1.54) is 6.07 Å². The fourth-order valence-corrected chi connectivity index (χ4v) is 2.26. The van der Waals surface area contributed by atoms with E-state index in [9.17, 15) is 4.39 Å². The average Bonchev–Trinajstić information content (AvgIpc) is 2.72. The summed E-state index contributed by atoms with van der Waals surface area (Å²) in [5.41, 5.74) is 2.29. The van der Waals surface area contributed by atoms with Crippen LogP contribution in [0.25, 0.3) is 11.8 Å². The molecule has 106 valence electrons. The van der Waals surface area contributed by atoms with Crippen molar-refractivity contribution in [3.05, 3.63) is 46.0 Å². The number of nitrogens with zero attached hydrogens (tertiary/aromatic N) is 2. The highest BCUT2D eigenvalue weighted by atomic mass is 79.9. The van der Waals surface area contributed by atoms with Crippen LogP contribution in [0.3, 0.4) is 0 Å². The summed E-state index contributed by atoms with van der Waals surface area (Å²) < 4.78 is 21.7. The van der Waals surface area contributed by atoms with E-state index in [2.05, 4.69) is 21.0 Å². The van der Waals surface area contributed by atoms with Gasteiger partial charge in [0, 0.05) is 6.07 Å². The first-order chi connectivity index (χ1) is 9.51. The van der Waals surface area contributed by atoms with Crippen molar-refractivity contribution in [3.8, 4) is 11.4 Å². The van der Waals surface area contributed by atoms with Gasteiger partial charge < -0.3 is 4.74 Å². The summed E-state index contributed by atoms with van der Waals surface area (Å²) in [6.07, 6.45) is 1.95. The number of hydrogen-bond donors (Lipinski definition) is 0. The van der Waals surface area contributed by atoms with Crippen LogP contribution in [0.2, 0.25) is 0 Å². The molecular weight excluding hydrogens is 323 g/mol. The van der Waals surface area contributed by atoms with Gasteiger partial charge in [0.15, 0.2) is 0 Å². The highest BCUT2D eigenvalue weighted by Crippen LogP contribution is 2.24. The van der Waals surface area contributed by atoms with Gasteiger partial charge in [-0.1, -0.05) is 5.57 Å². The lowest BCUT2D eigenvalue weighted by atomic mass is 10.2. The van der Waals surface area contributed by atoms with Crippen molar-refractivity contribution in [1.82, 2.24) is 9.78 Å². The van der Waals surface area contributed by atoms with Crippen LogP contribution in [0.4, 0.5) is 4.39 Å². The van der Waals surface area contributed by atoms with Gasteiger partial charge in [0.25, 0.3) is 0 Å². The molecule has 0 N–H and O–H groups in total. The van der Waals surface area contributed by atoms with Gasteiger partial charge in [0.2, 0.25) is 0 Å². The summed E-state index contributed by atoms with van der Waals surface area (Å²) >= 11 is 3.33. The van der Waals surface area contributed by atoms with E-state index in [1.54, 1.807) is 16.8 Å². The molecule has 0 unspecified atom stereocenters. The molecule has 2 aromatic rings. The number of halogens is 2.